The third kappa shape index (κ3) is 3.98. The summed E-state index contributed by atoms with van der Waals surface area (Å²) in [5, 5.41) is 0.980. The van der Waals surface area contributed by atoms with E-state index < -0.39 is 5.97 Å². The van der Waals surface area contributed by atoms with Gasteiger partial charge in [0.25, 0.3) is 0 Å². The summed E-state index contributed by atoms with van der Waals surface area (Å²) in [5.74, 6) is 1.17. The molecule has 0 aliphatic heterocycles. The van der Waals surface area contributed by atoms with Gasteiger partial charge >= 0.3 is 158 Å². The van der Waals surface area contributed by atoms with Crippen molar-refractivity contribution < 1.29 is 19.0 Å². The molecule has 3 aromatic rings. The molecule has 0 aliphatic rings. The van der Waals surface area contributed by atoms with Crippen molar-refractivity contribution in [2.45, 2.75) is 6.92 Å². The van der Waals surface area contributed by atoms with Crippen LogP contribution in [0.15, 0.2) is 48.5 Å². The normalized spacial score (nSPS) is 10.6. The van der Waals surface area contributed by atoms with Crippen LogP contribution in [0.1, 0.15) is 17.4 Å². The Hall–Kier alpha value is -2.56. The molecule has 134 valence electrons. The van der Waals surface area contributed by atoms with Crippen molar-refractivity contribution in [2.24, 2.45) is 0 Å². The zero-order valence-electron chi connectivity index (χ0n) is 14.8. The van der Waals surface area contributed by atoms with Crippen LogP contribution in [0, 0.1) is 0 Å². The van der Waals surface area contributed by atoms with Gasteiger partial charge in [-0.1, -0.05) is 0 Å². The molecule has 3 rings (SSSR count). The first-order valence-electron chi connectivity index (χ1n) is 8.12. The van der Waals surface area contributed by atoms with E-state index in [1.807, 2.05) is 48.5 Å². The number of esters is 1. The first-order valence-corrected chi connectivity index (χ1v) is 9.83. The van der Waals surface area contributed by atoms with Crippen LogP contribution in [0.2, 0.25) is 0 Å². The molecule has 0 amide bonds. The van der Waals surface area contributed by atoms with Gasteiger partial charge in [-0.15, -0.1) is 0 Å². The summed E-state index contributed by atoms with van der Waals surface area (Å²) in [6.45, 7) is 2.10. The predicted molar refractivity (Wildman–Crippen MR) is 102 cm³/mol. The molecule has 6 heteroatoms. The molecule has 0 saturated carbocycles. The van der Waals surface area contributed by atoms with E-state index in [-0.39, 0.29) is 15.0 Å². The number of pyridine rings is 1. The quantitative estimate of drug-likeness (QED) is 0.455. The summed E-state index contributed by atoms with van der Waals surface area (Å²) in [7, 11) is 3.28. The molecule has 0 fully saturated rings. The van der Waals surface area contributed by atoms with Crippen molar-refractivity contribution in [3.63, 3.8) is 0 Å². The van der Waals surface area contributed by atoms with Crippen LogP contribution in [0.5, 0.6) is 11.5 Å². The summed E-state index contributed by atoms with van der Waals surface area (Å²) >= 11 is -0.0128. The minimum absolute atomic E-state index is 0.0128. The molecular formula is C20H19NO4Se. The molecule has 0 saturated heterocycles. The van der Waals surface area contributed by atoms with E-state index in [0.717, 1.165) is 26.9 Å². The van der Waals surface area contributed by atoms with Crippen molar-refractivity contribution >= 4 is 40.8 Å². The number of fused-ring (bicyclic) bond motifs is 1. The average molecular weight is 416 g/mol. The second kappa shape index (κ2) is 8.21. The van der Waals surface area contributed by atoms with Crippen molar-refractivity contribution in [1.82, 2.24) is 4.98 Å². The predicted octanol–water partition coefficient (Wildman–Crippen LogP) is 2.08. The van der Waals surface area contributed by atoms with Crippen LogP contribution < -0.4 is 18.4 Å². The van der Waals surface area contributed by atoms with Gasteiger partial charge in [0.1, 0.15) is 0 Å². The molecule has 0 unspecified atom stereocenters. The first-order chi connectivity index (χ1) is 12.6. The Kier molecular flexibility index (Phi) is 5.76. The summed E-state index contributed by atoms with van der Waals surface area (Å²) in [4.78, 5) is 16.6. The third-order valence-corrected chi connectivity index (χ3v) is 5.99. The number of carbonyl (C=O) groups is 1. The van der Waals surface area contributed by atoms with Gasteiger partial charge in [0.05, 0.1) is 0 Å². The van der Waals surface area contributed by atoms with Crippen LogP contribution >= 0.6 is 0 Å². The van der Waals surface area contributed by atoms with Gasteiger partial charge in [0, 0.05) is 0 Å². The molecular weight excluding hydrogens is 397 g/mol. The van der Waals surface area contributed by atoms with E-state index in [1.165, 1.54) is 4.46 Å². The van der Waals surface area contributed by atoms with Crippen LogP contribution in [0.3, 0.4) is 0 Å². The Morgan fingerprint density at radius 3 is 2.35 bits per heavy atom. The third-order valence-electron chi connectivity index (χ3n) is 3.75. The number of hydrogen-bond donors (Lipinski definition) is 0. The van der Waals surface area contributed by atoms with Crippen LogP contribution in [-0.2, 0) is 4.74 Å². The maximum absolute atomic E-state index is 12.2. The second-order valence-corrected chi connectivity index (χ2v) is 7.73. The van der Waals surface area contributed by atoms with Crippen molar-refractivity contribution in [3.05, 3.63) is 54.2 Å². The maximum atomic E-state index is 12.2. The SMILES string of the molecule is CCOC(=O)c1cc([Se]c2ccc(OC)cc2)c2cc(OC)ccc2n1. The number of rotatable bonds is 6. The number of aromatic nitrogens is 1. The number of hydrogen-bond acceptors (Lipinski definition) is 5. The molecule has 0 bridgehead atoms. The minimum atomic E-state index is -0.406. The van der Waals surface area contributed by atoms with Gasteiger partial charge in [0.15, 0.2) is 0 Å². The Bertz CT molecular complexity index is 925. The van der Waals surface area contributed by atoms with Crippen LogP contribution in [0.4, 0.5) is 0 Å². The Morgan fingerprint density at radius 1 is 1.00 bits per heavy atom. The Labute approximate surface area is 158 Å². The fourth-order valence-electron chi connectivity index (χ4n) is 2.47. The van der Waals surface area contributed by atoms with Crippen LogP contribution in [0.25, 0.3) is 10.9 Å². The van der Waals surface area contributed by atoms with Gasteiger partial charge < -0.3 is 0 Å². The molecule has 0 atom stereocenters. The van der Waals surface area contributed by atoms with Gasteiger partial charge in [-0.05, 0) is 0 Å². The zero-order chi connectivity index (χ0) is 18.5. The van der Waals surface area contributed by atoms with E-state index in [2.05, 4.69) is 4.98 Å². The number of benzene rings is 2. The summed E-state index contributed by atoms with van der Waals surface area (Å²) in [6, 6.07) is 15.4. The summed E-state index contributed by atoms with van der Waals surface area (Å²) in [6.07, 6.45) is 0. The van der Waals surface area contributed by atoms with Gasteiger partial charge in [0.2, 0.25) is 0 Å². The van der Waals surface area contributed by atoms with Gasteiger partial charge in [-0.25, -0.2) is 0 Å². The zero-order valence-corrected chi connectivity index (χ0v) is 16.5. The van der Waals surface area contributed by atoms with E-state index in [4.69, 9.17) is 14.2 Å². The molecule has 0 radical (unpaired) electrons. The summed E-state index contributed by atoms with van der Waals surface area (Å²) in [5.41, 5.74) is 1.08. The van der Waals surface area contributed by atoms with Crippen LogP contribution in [-0.4, -0.2) is 46.7 Å². The number of carbonyl (C=O) groups excluding carboxylic acids is 1. The Morgan fingerprint density at radius 2 is 1.69 bits per heavy atom. The molecule has 5 nitrogen and oxygen atoms in total. The molecule has 0 N–H and O–H groups in total. The topological polar surface area (TPSA) is 57.7 Å². The van der Waals surface area contributed by atoms with Gasteiger partial charge in [-0.2, -0.15) is 0 Å². The van der Waals surface area contributed by atoms with E-state index in [1.54, 1.807) is 21.1 Å². The number of nitrogens with zero attached hydrogens (tertiary/aromatic N) is 1. The van der Waals surface area contributed by atoms with Crippen molar-refractivity contribution in [3.8, 4) is 11.5 Å². The van der Waals surface area contributed by atoms with E-state index in [9.17, 15) is 4.79 Å². The molecule has 26 heavy (non-hydrogen) atoms. The average Bonchev–Trinajstić information content (AvgIpc) is 2.68. The van der Waals surface area contributed by atoms with Crippen molar-refractivity contribution in [1.29, 1.82) is 0 Å². The second-order valence-electron chi connectivity index (χ2n) is 5.39. The molecule has 1 aromatic heterocycles. The fourth-order valence-corrected chi connectivity index (χ4v) is 4.50. The molecule has 1 heterocycles. The van der Waals surface area contributed by atoms with Gasteiger partial charge in [-0.3, -0.25) is 0 Å². The first kappa shape index (κ1) is 18.2. The summed E-state index contributed by atoms with van der Waals surface area (Å²) < 4.78 is 17.9. The number of methoxy groups -OCH3 is 2. The van der Waals surface area contributed by atoms with Crippen molar-refractivity contribution in [2.75, 3.05) is 20.8 Å². The molecule has 2 aromatic carbocycles. The van der Waals surface area contributed by atoms with E-state index in [0.29, 0.717) is 12.3 Å². The Balaban J connectivity index is 2.07. The standard InChI is InChI=1S/C20H19NO4Se/c1-4-25-20(22)18-12-19(26-15-8-5-13(23-2)6-9-15)16-11-14(24-3)7-10-17(16)21-18/h5-12H,4H2,1-3H3. The number of ether oxygens (including phenoxy) is 3. The monoisotopic (exact) mass is 417 g/mol. The molecule has 0 spiro atoms. The molecule has 0 aliphatic carbocycles. The fraction of sp³-hybridized carbons (Fsp3) is 0.200. The van der Waals surface area contributed by atoms with E-state index >= 15 is 0 Å².